The third-order valence-electron chi connectivity index (χ3n) is 4.95. The summed E-state index contributed by atoms with van der Waals surface area (Å²) in [6.07, 6.45) is 6.03. The number of H-pyrrole nitrogens is 1. The summed E-state index contributed by atoms with van der Waals surface area (Å²) >= 11 is 5.86. The molecule has 130 valence electrons. The number of nitrogens with zero attached hydrogens (tertiary/aromatic N) is 2. The third kappa shape index (κ3) is 3.73. The molecule has 1 amide bonds. The molecule has 0 saturated carbocycles. The first-order valence-corrected chi connectivity index (χ1v) is 8.86. The molecule has 0 aromatic carbocycles. The minimum absolute atomic E-state index is 0.0471. The second kappa shape index (κ2) is 7.11. The van der Waals surface area contributed by atoms with Gasteiger partial charge in [-0.3, -0.25) is 14.5 Å². The number of aromatic nitrogens is 1. The zero-order valence-electron chi connectivity index (χ0n) is 14.2. The van der Waals surface area contributed by atoms with Crippen molar-refractivity contribution in [3.63, 3.8) is 0 Å². The average Bonchev–Trinajstić information content (AvgIpc) is 2.86. The van der Waals surface area contributed by atoms with Crippen molar-refractivity contribution in [2.45, 2.75) is 32.7 Å². The normalized spacial score (nSPS) is 23.9. The van der Waals surface area contributed by atoms with Crippen LogP contribution in [0.3, 0.4) is 0 Å². The molecule has 1 N–H and O–H groups in total. The fourth-order valence-electron chi connectivity index (χ4n) is 3.63. The standard InChI is InChI=1S/C18H24ClN3O2/c1-12(2)5-6-21-9-13-3-4-15(21)11-22(10-13)18(24)14-7-16(19)17(23)20-8-14/h5,7-8,13,15H,3-4,6,9-11H2,1-2H3,(H,20,23)/t13-,15-/m1/s1. The first-order chi connectivity index (χ1) is 11.4. The Morgan fingerprint density at radius 2 is 2.12 bits per heavy atom. The molecule has 0 radical (unpaired) electrons. The van der Waals surface area contributed by atoms with Crippen molar-refractivity contribution in [3.8, 4) is 0 Å². The minimum Gasteiger partial charge on any atom is -0.337 e. The molecule has 3 aliphatic rings. The highest BCUT2D eigenvalue weighted by Gasteiger charge is 2.36. The fourth-order valence-corrected chi connectivity index (χ4v) is 3.80. The van der Waals surface area contributed by atoms with Crippen molar-refractivity contribution < 1.29 is 4.79 Å². The molecule has 3 fully saturated rings. The summed E-state index contributed by atoms with van der Waals surface area (Å²) in [5.74, 6) is 0.464. The summed E-state index contributed by atoms with van der Waals surface area (Å²) < 4.78 is 0. The van der Waals surface area contributed by atoms with Gasteiger partial charge in [0.15, 0.2) is 0 Å². The number of hydrogen-bond acceptors (Lipinski definition) is 3. The van der Waals surface area contributed by atoms with E-state index in [1.165, 1.54) is 24.3 Å². The van der Waals surface area contributed by atoms with E-state index in [9.17, 15) is 9.59 Å². The summed E-state index contributed by atoms with van der Waals surface area (Å²) in [5.41, 5.74) is 1.42. The number of allylic oxidation sites excluding steroid dienone is 1. The van der Waals surface area contributed by atoms with Gasteiger partial charge in [0.2, 0.25) is 0 Å². The van der Waals surface area contributed by atoms with Crippen LogP contribution in [-0.2, 0) is 0 Å². The SMILES string of the molecule is CC(C)=CCN1C[C@H]2CC[C@@H]1CN(C(=O)c1c[nH]c(=O)c(Cl)c1)C2. The van der Waals surface area contributed by atoms with Gasteiger partial charge in [-0.1, -0.05) is 23.3 Å². The molecular weight excluding hydrogens is 326 g/mol. The molecule has 0 unspecified atom stereocenters. The number of hydrogen-bond donors (Lipinski definition) is 1. The van der Waals surface area contributed by atoms with E-state index in [0.29, 0.717) is 17.5 Å². The van der Waals surface area contributed by atoms with Gasteiger partial charge in [-0.25, -0.2) is 0 Å². The van der Waals surface area contributed by atoms with E-state index in [1.54, 1.807) is 0 Å². The van der Waals surface area contributed by atoms with Gasteiger partial charge in [0.05, 0.1) is 5.56 Å². The summed E-state index contributed by atoms with van der Waals surface area (Å²) in [4.78, 5) is 31.2. The van der Waals surface area contributed by atoms with E-state index in [0.717, 1.165) is 32.6 Å². The number of fused-ring (bicyclic) bond motifs is 4. The van der Waals surface area contributed by atoms with Crippen molar-refractivity contribution in [2.75, 3.05) is 26.2 Å². The fraction of sp³-hybridized carbons (Fsp3) is 0.556. The predicted octanol–water partition coefficient (Wildman–Crippen LogP) is 2.53. The Labute approximate surface area is 147 Å². The van der Waals surface area contributed by atoms with Gasteiger partial charge < -0.3 is 9.88 Å². The van der Waals surface area contributed by atoms with Gasteiger partial charge in [0.25, 0.3) is 11.5 Å². The maximum Gasteiger partial charge on any atom is 0.266 e. The van der Waals surface area contributed by atoms with Gasteiger partial charge in [-0.05, 0) is 38.7 Å². The lowest BCUT2D eigenvalue weighted by Crippen LogP contribution is -2.44. The number of nitrogens with one attached hydrogen (secondary N) is 1. The molecule has 2 atom stereocenters. The molecule has 5 nitrogen and oxygen atoms in total. The Morgan fingerprint density at radius 1 is 1.33 bits per heavy atom. The molecule has 0 aliphatic carbocycles. The molecule has 2 bridgehead atoms. The van der Waals surface area contributed by atoms with Crippen LogP contribution in [0.1, 0.15) is 37.0 Å². The predicted molar refractivity (Wildman–Crippen MR) is 95.5 cm³/mol. The maximum absolute atomic E-state index is 12.8. The van der Waals surface area contributed by atoms with Crippen LogP contribution in [-0.4, -0.2) is 52.9 Å². The number of piperidine rings is 1. The Bertz CT molecular complexity index is 708. The Hall–Kier alpha value is -1.59. The third-order valence-corrected chi connectivity index (χ3v) is 5.23. The van der Waals surface area contributed by atoms with Crippen LogP contribution in [0.2, 0.25) is 5.02 Å². The van der Waals surface area contributed by atoms with Crippen molar-refractivity contribution in [1.82, 2.24) is 14.8 Å². The first-order valence-electron chi connectivity index (χ1n) is 8.49. The van der Waals surface area contributed by atoms with E-state index in [4.69, 9.17) is 11.6 Å². The highest BCUT2D eigenvalue weighted by molar-refractivity contribution is 6.30. The highest BCUT2D eigenvalue weighted by Crippen LogP contribution is 2.28. The summed E-state index contributed by atoms with van der Waals surface area (Å²) in [6, 6.07) is 1.87. The van der Waals surface area contributed by atoms with Gasteiger partial charge in [-0.2, -0.15) is 0 Å². The van der Waals surface area contributed by atoms with Gasteiger partial charge >= 0.3 is 0 Å². The second-order valence-corrected chi connectivity index (χ2v) is 7.52. The Morgan fingerprint density at radius 3 is 2.83 bits per heavy atom. The quantitative estimate of drug-likeness (QED) is 0.853. The molecule has 1 aromatic rings. The number of rotatable bonds is 3. The lowest BCUT2D eigenvalue weighted by molar-refractivity contribution is 0.0740. The van der Waals surface area contributed by atoms with Gasteiger partial charge in [0.1, 0.15) is 5.02 Å². The zero-order valence-corrected chi connectivity index (χ0v) is 15.0. The maximum atomic E-state index is 12.8. The van der Waals surface area contributed by atoms with Crippen molar-refractivity contribution in [1.29, 1.82) is 0 Å². The summed E-state index contributed by atoms with van der Waals surface area (Å²) in [7, 11) is 0. The van der Waals surface area contributed by atoms with E-state index in [-0.39, 0.29) is 16.5 Å². The number of halogens is 1. The van der Waals surface area contributed by atoms with Crippen LogP contribution in [0.4, 0.5) is 0 Å². The van der Waals surface area contributed by atoms with Crippen LogP contribution >= 0.6 is 11.6 Å². The minimum atomic E-state index is -0.364. The van der Waals surface area contributed by atoms with E-state index in [1.807, 2.05) is 4.90 Å². The number of pyridine rings is 1. The second-order valence-electron chi connectivity index (χ2n) is 7.11. The number of carbonyl (C=O) groups is 1. The van der Waals surface area contributed by atoms with E-state index in [2.05, 4.69) is 29.8 Å². The topological polar surface area (TPSA) is 56.4 Å². The largest absolute Gasteiger partial charge is 0.337 e. The molecule has 4 heterocycles. The van der Waals surface area contributed by atoms with Crippen LogP contribution < -0.4 is 5.56 Å². The zero-order chi connectivity index (χ0) is 17.3. The summed E-state index contributed by atoms with van der Waals surface area (Å²) in [5, 5.41) is 0.0591. The Balaban J connectivity index is 1.76. The lowest BCUT2D eigenvalue weighted by Gasteiger charge is -2.35. The van der Waals surface area contributed by atoms with Crippen LogP contribution in [0.5, 0.6) is 0 Å². The van der Waals surface area contributed by atoms with Gasteiger partial charge in [0, 0.05) is 38.4 Å². The molecule has 3 saturated heterocycles. The van der Waals surface area contributed by atoms with E-state index < -0.39 is 0 Å². The van der Waals surface area contributed by atoms with Crippen LogP contribution in [0, 0.1) is 5.92 Å². The Kier molecular flexibility index (Phi) is 5.11. The van der Waals surface area contributed by atoms with Gasteiger partial charge in [-0.15, -0.1) is 0 Å². The molecule has 6 heteroatoms. The monoisotopic (exact) mass is 349 g/mol. The first kappa shape index (κ1) is 17.2. The lowest BCUT2D eigenvalue weighted by atomic mass is 9.95. The molecule has 0 spiro atoms. The highest BCUT2D eigenvalue weighted by atomic mass is 35.5. The summed E-state index contributed by atoms with van der Waals surface area (Å²) in [6.45, 7) is 7.75. The van der Waals surface area contributed by atoms with Crippen molar-refractivity contribution in [2.24, 2.45) is 5.92 Å². The molecule has 3 aliphatic heterocycles. The molecule has 24 heavy (non-hydrogen) atoms. The van der Waals surface area contributed by atoms with Crippen molar-refractivity contribution in [3.05, 3.63) is 44.9 Å². The average molecular weight is 350 g/mol. The molecular formula is C18H24ClN3O2. The van der Waals surface area contributed by atoms with Crippen LogP contribution in [0.25, 0.3) is 0 Å². The smallest absolute Gasteiger partial charge is 0.266 e. The number of carbonyl (C=O) groups excluding carboxylic acids is 1. The van der Waals surface area contributed by atoms with Crippen LogP contribution in [0.15, 0.2) is 28.7 Å². The number of aromatic amines is 1. The van der Waals surface area contributed by atoms with E-state index >= 15 is 0 Å². The molecule has 1 aromatic heterocycles. The number of amides is 1. The molecule has 4 rings (SSSR count). The van der Waals surface area contributed by atoms with Crippen molar-refractivity contribution >= 4 is 17.5 Å².